The van der Waals surface area contributed by atoms with Gasteiger partial charge in [0.1, 0.15) is 5.52 Å². The molecule has 0 atom stereocenters. The van der Waals surface area contributed by atoms with Crippen molar-refractivity contribution in [2.24, 2.45) is 0 Å². The molecule has 0 bridgehead atoms. The Morgan fingerprint density at radius 3 is 1.89 bits per heavy atom. The Balaban J connectivity index is 1.77. The Morgan fingerprint density at radius 1 is 0.593 bits per heavy atom. The standard InChI is InChI=1S/C22H15N5/c1-3-7-15(8-4-1)20-21(16-9-5-2-6-10-16)26-22-19(24-20)12-11-17(25-22)18-13-14-23-27-18/h1-14H,(H,23,27). The summed E-state index contributed by atoms with van der Waals surface area (Å²) < 4.78 is 0. The lowest BCUT2D eigenvalue weighted by Gasteiger charge is -2.10. The second-order valence-corrected chi connectivity index (χ2v) is 6.16. The number of fused-ring (bicyclic) bond motifs is 1. The summed E-state index contributed by atoms with van der Waals surface area (Å²) in [5.74, 6) is 0. The van der Waals surface area contributed by atoms with E-state index in [1.165, 1.54) is 0 Å². The van der Waals surface area contributed by atoms with Crippen molar-refractivity contribution in [1.82, 2.24) is 25.1 Å². The number of pyridine rings is 1. The summed E-state index contributed by atoms with van der Waals surface area (Å²) in [6.07, 6.45) is 1.71. The molecule has 5 nitrogen and oxygen atoms in total. The van der Waals surface area contributed by atoms with E-state index in [0.29, 0.717) is 5.65 Å². The SMILES string of the molecule is c1ccc(-c2nc3ccc(-c4ccn[nH]4)nc3nc2-c2ccccc2)cc1. The third kappa shape index (κ3) is 2.85. The van der Waals surface area contributed by atoms with E-state index in [-0.39, 0.29) is 0 Å². The van der Waals surface area contributed by atoms with Gasteiger partial charge in [-0.25, -0.2) is 15.0 Å². The summed E-state index contributed by atoms with van der Waals surface area (Å²) in [6, 6.07) is 26.0. The molecule has 128 valence electrons. The maximum Gasteiger partial charge on any atom is 0.179 e. The van der Waals surface area contributed by atoms with Gasteiger partial charge in [0, 0.05) is 17.3 Å². The Kier molecular flexibility index (Phi) is 3.68. The van der Waals surface area contributed by atoms with E-state index >= 15 is 0 Å². The molecule has 0 aliphatic rings. The smallest absolute Gasteiger partial charge is 0.179 e. The first-order valence-electron chi connectivity index (χ1n) is 8.68. The molecule has 2 aromatic carbocycles. The van der Waals surface area contributed by atoms with E-state index in [1.54, 1.807) is 6.20 Å². The summed E-state index contributed by atoms with van der Waals surface area (Å²) >= 11 is 0. The van der Waals surface area contributed by atoms with Gasteiger partial charge in [-0.15, -0.1) is 0 Å². The van der Waals surface area contributed by atoms with E-state index in [4.69, 9.17) is 15.0 Å². The molecule has 3 aromatic heterocycles. The maximum absolute atomic E-state index is 4.89. The van der Waals surface area contributed by atoms with Crippen molar-refractivity contribution in [3.63, 3.8) is 0 Å². The average molecular weight is 349 g/mol. The lowest BCUT2D eigenvalue weighted by atomic mass is 10.0. The van der Waals surface area contributed by atoms with Crippen LogP contribution < -0.4 is 0 Å². The molecule has 0 radical (unpaired) electrons. The number of benzene rings is 2. The zero-order valence-electron chi connectivity index (χ0n) is 14.4. The number of nitrogens with zero attached hydrogens (tertiary/aromatic N) is 4. The fourth-order valence-electron chi connectivity index (χ4n) is 3.09. The number of nitrogens with one attached hydrogen (secondary N) is 1. The lowest BCUT2D eigenvalue weighted by Crippen LogP contribution is -1.98. The molecule has 0 saturated carbocycles. The van der Waals surface area contributed by atoms with Crippen LogP contribution in [0.2, 0.25) is 0 Å². The number of hydrogen-bond donors (Lipinski definition) is 1. The highest BCUT2D eigenvalue weighted by atomic mass is 15.1. The minimum Gasteiger partial charge on any atom is -0.276 e. The van der Waals surface area contributed by atoms with Crippen LogP contribution in [0, 0.1) is 0 Å². The second kappa shape index (κ2) is 6.46. The molecule has 5 rings (SSSR count). The number of aromatic nitrogens is 5. The Bertz CT molecular complexity index is 1200. The van der Waals surface area contributed by atoms with E-state index < -0.39 is 0 Å². The predicted molar refractivity (Wildman–Crippen MR) is 106 cm³/mol. The Labute approximate surface area is 155 Å². The first-order chi connectivity index (χ1) is 13.4. The van der Waals surface area contributed by atoms with Crippen molar-refractivity contribution < 1.29 is 0 Å². The third-order valence-corrected chi connectivity index (χ3v) is 4.40. The molecule has 5 aromatic rings. The van der Waals surface area contributed by atoms with E-state index in [2.05, 4.69) is 22.3 Å². The van der Waals surface area contributed by atoms with E-state index in [1.807, 2.05) is 66.7 Å². The van der Waals surface area contributed by atoms with Gasteiger partial charge < -0.3 is 0 Å². The summed E-state index contributed by atoms with van der Waals surface area (Å²) in [4.78, 5) is 14.5. The summed E-state index contributed by atoms with van der Waals surface area (Å²) in [5.41, 5.74) is 6.74. The van der Waals surface area contributed by atoms with Crippen molar-refractivity contribution in [3.05, 3.63) is 85.1 Å². The first-order valence-corrected chi connectivity index (χ1v) is 8.68. The van der Waals surface area contributed by atoms with Crippen molar-refractivity contribution in [2.45, 2.75) is 0 Å². The number of H-pyrrole nitrogens is 1. The van der Waals surface area contributed by atoms with Gasteiger partial charge in [0.2, 0.25) is 0 Å². The summed E-state index contributed by atoms with van der Waals surface area (Å²) in [6.45, 7) is 0. The van der Waals surface area contributed by atoms with Gasteiger partial charge >= 0.3 is 0 Å². The molecule has 0 unspecified atom stereocenters. The summed E-state index contributed by atoms with van der Waals surface area (Å²) in [7, 11) is 0. The van der Waals surface area contributed by atoms with Crippen LogP contribution in [0.4, 0.5) is 0 Å². The quantitative estimate of drug-likeness (QED) is 0.510. The molecular formula is C22H15N5. The van der Waals surface area contributed by atoms with Crippen LogP contribution in [-0.4, -0.2) is 25.1 Å². The fourth-order valence-corrected chi connectivity index (χ4v) is 3.09. The monoisotopic (exact) mass is 349 g/mol. The molecule has 3 heterocycles. The highest BCUT2D eigenvalue weighted by molar-refractivity contribution is 5.85. The molecule has 5 heteroatoms. The van der Waals surface area contributed by atoms with Gasteiger partial charge in [-0.3, -0.25) is 5.10 Å². The van der Waals surface area contributed by atoms with Crippen LogP contribution >= 0.6 is 0 Å². The molecule has 0 aliphatic carbocycles. The minimum atomic E-state index is 0.612. The Hall–Kier alpha value is -3.86. The second-order valence-electron chi connectivity index (χ2n) is 6.16. The third-order valence-electron chi connectivity index (χ3n) is 4.40. The van der Waals surface area contributed by atoms with Crippen molar-refractivity contribution in [3.8, 4) is 33.9 Å². The minimum absolute atomic E-state index is 0.612. The maximum atomic E-state index is 4.89. The highest BCUT2D eigenvalue weighted by Gasteiger charge is 2.14. The lowest BCUT2D eigenvalue weighted by molar-refractivity contribution is 1.09. The van der Waals surface area contributed by atoms with E-state index in [9.17, 15) is 0 Å². The van der Waals surface area contributed by atoms with Crippen LogP contribution in [-0.2, 0) is 0 Å². The van der Waals surface area contributed by atoms with Crippen LogP contribution in [0.15, 0.2) is 85.1 Å². The van der Waals surface area contributed by atoms with Crippen LogP contribution in [0.1, 0.15) is 0 Å². The average Bonchev–Trinajstić information content (AvgIpc) is 3.29. The zero-order valence-corrected chi connectivity index (χ0v) is 14.4. The molecule has 1 N–H and O–H groups in total. The zero-order chi connectivity index (χ0) is 18.1. The fraction of sp³-hybridized carbons (Fsp3) is 0. The number of rotatable bonds is 3. The van der Waals surface area contributed by atoms with Crippen LogP contribution in [0.3, 0.4) is 0 Å². The molecule has 0 aliphatic heterocycles. The normalized spacial score (nSPS) is 11.0. The molecule has 27 heavy (non-hydrogen) atoms. The topological polar surface area (TPSA) is 67.3 Å². The van der Waals surface area contributed by atoms with Crippen LogP contribution in [0.5, 0.6) is 0 Å². The molecule has 0 amide bonds. The molecule has 0 fully saturated rings. The highest BCUT2D eigenvalue weighted by Crippen LogP contribution is 2.30. The van der Waals surface area contributed by atoms with Gasteiger partial charge in [0.15, 0.2) is 5.65 Å². The van der Waals surface area contributed by atoms with Crippen molar-refractivity contribution in [2.75, 3.05) is 0 Å². The summed E-state index contributed by atoms with van der Waals surface area (Å²) in [5, 5.41) is 6.94. The van der Waals surface area contributed by atoms with Crippen LogP contribution in [0.25, 0.3) is 45.1 Å². The van der Waals surface area contributed by atoms with E-state index in [0.717, 1.165) is 39.4 Å². The largest absolute Gasteiger partial charge is 0.276 e. The van der Waals surface area contributed by atoms with Gasteiger partial charge in [-0.05, 0) is 18.2 Å². The Morgan fingerprint density at radius 2 is 1.26 bits per heavy atom. The molecule has 0 spiro atoms. The van der Waals surface area contributed by atoms with Gasteiger partial charge in [0.05, 0.1) is 22.8 Å². The molecule has 0 saturated heterocycles. The van der Waals surface area contributed by atoms with Gasteiger partial charge in [-0.1, -0.05) is 60.7 Å². The van der Waals surface area contributed by atoms with Crippen molar-refractivity contribution >= 4 is 11.2 Å². The molecular weight excluding hydrogens is 334 g/mol. The van der Waals surface area contributed by atoms with Gasteiger partial charge in [0.25, 0.3) is 0 Å². The number of hydrogen-bond acceptors (Lipinski definition) is 4. The van der Waals surface area contributed by atoms with Gasteiger partial charge in [-0.2, -0.15) is 5.10 Å². The first kappa shape index (κ1) is 15.4. The number of aromatic amines is 1. The van der Waals surface area contributed by atoms with Crippen molar-refractivity contribution in [1.29, 1.82) is 0 Å². The predicted octanol–water partition coefficient (Wildman–Crippen LogP) is 4.75.